The van der Waals surface area contributed by atoms with Gasteiger partial charge in [-0.1, -0.05) is 25.1 Å². The minimum atomic E-state index is -1.22. The van der Waals surface area contributed by atoms with Crippen molar-refractivity contribution >= 4 is 35.1 Å². The lowest BCUT2D eigenvalue weighted by Gasteiger charge is -2.49. The fourth-order valence-corrected chi connectivity index (χ4v) is 7.11. The molecule has 0 spiro atoms. The van der Waals surface area contributed by atoms with E-state index < -0.39 is 9.68 Å². The first-order valence-corrected chi connectivity index (χ1v) is 11.7. The Morgan fingerprint density at radius 1 is 1.14 bits per heavy atom. The second-order valence-electron chi connectivity index (χ2n) is 7.31. The summed E-state index contributed by atoms with van der Waals surface area (Å²) in [5, 5.41) is 15.2. The van der Waals surface area contributed by atoms with Gasteiger partial charge in [-0.15, -0.1) is 23.5 Å². The smallest absolute Gasteiger partial charge is 0.224 e. The molecule has 0 radical (unpaired) electrons. The van der Waals surface area contributed by atoms with E-state index in [2.05, 4.69) is 12.2 Å². The number of carbonyl (C=O) groups is 1. The molecule has 0 saturated carbocycles. The summed E-state index contributed by atoms with van der Waals surface area (Å²) < 4.78 is 5.67. The monoisotopic (exact) mass is 415 g/mol. The van der Waals surface area contributed by atoms with Crippen LogP contribution in [-0.4, -0.2) is 26.6 Å². The quantitative estimate of drug-likeness (QED) is 0.705. The first-order chi connectivity index (χ1) is 13.5. The Balaban J connectivity index is 1.84. The van der Waals surface area contributed by atoms with E-state index in [1.807, 2.05) is 49.4 Å². The van der Waals surface area contributed by atoms with E-state index in [4.69, 9.17) is 4.74 Å². The maximum atomic E-state index is 12.3. The van der Waals surface area contributed by atoms with Crippen LogP contribution in [0.1, 0.15) is 44.2 Å². The Bertz CT molecular complexity index is 895. The largest absolute Gasteiger partial charge is 0.457 e. The van der Waals surface area contributed by atoms with Gasteiger partial charge in [-0.25, -0.2) is 0 Å². The Kier molecular flexibility index (Phi) is 5.38. The van der Waals surface area contributed by atoms with Gasteiger partial charge < -0.3 is 15.2 Å². The molecule has 0 bridgehead atoms. The first kappa shape index (κ1) is 19.7. The summed E-state index contributed by atoms with van der Waals surface area (Å²) in [6.45, 7) is 4.10. The molecule has 28 heavy (non-hydrogen) atoms. The van der Waals surface area contributed by atoms with Gasteiger partial charge in [0.15, 0.2) is 0 Å². The predicted molar refractivity (Wildman–Crippen MR) is 117 cm³/mol. The van der Waals surface area contributed by atoms with Gasteiger partial charge in [0.25, 0.3) is 0 Å². The van der Waals surface area contributed by atoms with Crippen molar-refractivity contribution < 1.29 is 14.6 Å². The van der Waals surface area contributed by atoms with E-state index in [1.54, 1.807) is 23.5 Å². The van der Waals surface area contributed by atoms with Gasteiger partial charge in [-0.3, -0.25) is 4.79 Å². The van der Waals surface area contributed by atoms with E-state index in [-0.39, 0.29) is 5.91 Å². The number of aliphatic hydroxyl groups is 1. The van der Waals surface area contributed by atoms with E-state index in [9.17, 15) is 9.90 Å². The number of nitrogens with one attached hydrogen (secondary N) is 1. The number of ether oxygens (including phenoxy) is 1. The molecule has 2 heterocycles. The van der Waals surface area contributed by atoms with Crippen LogP contribution < -0.4 is 10.1 Å². The highest BCUT2D eigenvalue weighted by Crippen LogP contribution is 2.61. The predicted octanol–water partition coefficient (Wildman–Crippen LogP) is 5.35. The summed E-state index contributed by atoms with van der Waals surface area (Å²) in [5.41, 5.74) is 0.958. The second-order valence-corrected chi connectivity index (χ2v) is 10.6. The zero-order chi connectivity index (χ0) is 19.8. The minimum absolute atomic E-state index is 0.0178. The van der Waals surface area contributed by atoms with Gasteiger partial charge >= 0.3 is 0 Å². The molecule has 0 aliphatic carbocycles. The average molecular weight is 416 g/mol. The maximum Gasteiger partial charge on any atom is 0.224 e. The van der Waals surface area contributed by atoms with Crippen LogP contribution in [0.4, 0.5) is 5.69 Å². The topological polar surface area (TPSA) is 58.6 Å². The molecule has 2 aromatic rings. The minimum Gasteiger partial charge on any atom is -0.457 e. The molecule has 1 atom stereocenters. The second kappa shape index (κ2) is 7.65. The molecule has 1 amide bonds. The first-order valence-electron chi connectivity index (χ1n) is 9.70. The van der Waals surface area contributed by atoms with Crippen LogP contribution in [0.25, 0.3) is 0 Å². The van der Waals surface area contributed by atoms with Crippen LogP contribution in [-0.2, 0) is 10.4 Å². The fraction of sp³-hybridized carbons (Fsp3) is 0.409. The van der Waals surface area contributed by atoms with Gasteiger partial charge in [0.2, 0.25) is 5.91 Å². The summed E-state index contributed by atoms with van der Waals surface area (Å²) in [6.07, 6.45) is 2.41. The third-order valence-corrected chi connectivity index (χ3v) is 8.71. The number of carbonyl (C=O) groups excluding carboxylic acids is 1. The lowest BCUT2D eigenvalue weighted by atomic mass is 9.80. The van der Waals surface area contributed by atoms with Crippen LogP contribution in [0.5, 0.6) is 11.5 Å². The molecule has 2 aliphatic rings. The normalized spacial score (nSPS) is 22.5. The number of amides is 1. The fourth-order valence-electron chi connectivity index (χ4n) is 3.88. The SMILES string of the molecule is CCCC(=O)Nc1ccc2c(c1)C(O)(C1(C)SCCCS1)c1ccccc1O2. The third kappa shape index (κ3) is 3.21. The number of rotatable bonds is 4. The van der Waals surface area contributed by atoms with Crippen molar-refractivity contribution in [2.75, 3.05) is 16.8 Å². The molecule has 6 heteroatoms. The molecule has 0 aromatic heterocycles. The zero-order valence-electron chi connectivity index (χ0n) is 16.2. The summed E-state index contributed by atoms with van der Waals surface area (Å²) in [4.78, 5) is 12.1. The van der Waals surface area contributed by atoms with Crippen molar-refractivity contribution in [2.45, 2.75) is 42.8 Å². The molecule has 4 rings (SSSR count). The van der Waals surface area contributed by atoms with E-state index in [0.29, 0.717) is 29.2 Å². The standard InChI is InChI=1S/C22H25NO3S2/c1-3-7-20(24)23-15-10-11-19-17(14-15)22(25,21(2)27-12-6-13-28-21)16-8-4-5-9-18(16)26-19/h4-5,8-11,14,25H,3,6-7,12-13H2,1-2H3,(H,23,24). The van der Waals surface area contributed by atoms with Crippen molar-refractivity contribution in [1.29, 1.82) is 0 Å². The summed E-state index contributed by atoms with van der Waals surface area (Å²) in [6, 6.07) is 13.3. The van der Waals surface area contributed by atoms with Crippen LogP contribution in [0, 0.1) is 0 Å². The Labute approximate surface area is 174 Å². The highest BCUT2D eigenvalue weighted by molar-refractivity contribution is 8.18. The van der Waals surface area contributed by atoms with E-state index >= 15 is 0 Å². The number of benzene rings is 2. The molecule has 2 aromatic carbocycles. The Morgan fingerprint density at radius 3 is 2.61 bits per heavy atom. The van der Waals surface area contributed by atoms with E-state index in [0.717, 1.165) is 29.9 Å². The Hall–Kier alpha value is -1.63. The summed E-state index contributed by atoms with van der Waals surface area (Å²) in [5.74, 6) is 3.33. The average Bonchev–Trinajstić information content (AvgIpc) is 2.69. The number of fused-ring (bicyclic) bond motifs is 2. The molecular weight excluding hydrogens is 390 g/mol. The van der Waals surface area contributed by atoms with Crippen LogP contribution in [0.2, 0.25) is 0 Å². The van der Waals surface area contributed by atoms with Gasteiger partial charge in [0.1, 0.15) is 17.1 Å². The number of hydrogen-bond acceptors (Lipinski definition) is 5. The van der Waals surface area contributed by atoms with Crippen molar-refractivity contribution in [3.63, 3.8) is 0 Å². The molecule has 1 saturated heterocycles. The lowest BCUT2D eigenvalue weighted by Crippen LogP contribution is -2.49. The number of hydrogen-bond donors (Lipinski definition) is 2. The third-order valence-electron chi connectivity index (χ3n) is 5.33. The summed E-state index contributed by atoms with van der Waals surface area (Å²) in [7, 11) is 0. The van der Waals surface area contributed by atoms with Crippen LogP contribution >= 0.6 is 23.5 Å². The van der Waals surface area contributed by atoms with Gasteiger partial charge in [0.05, 0.1) is 4.08 Å². The number of para-hydroxylation sites is 1. The van der Waals surface area contributed by atoms with Crippen LogP contribution in [0.3, 0.4) is 0 Å². The highest BCUT2D eigenvalue weighted by Gasteiger charge is 2.55. The molecule has 4 nitrogen and oxygen atoms in total. The molecule has 1 fully saturated rings. The zero-order valence-corrected chi connectivity index (χ0v) is 17.8. The number of anilines is 1. The van der Waals surface area contributed by atoms with Gasteiger partial charge in [0, 0.05) is 23.2 Å². The molecular formula is C22H25NO3S2. The number of thioether (sulfide) groups is 2. The van der Waals surface area contributed by atoms with Crippen molar-refractivity contribution in [3.05, 3.63) is 53.6 Å². The van der Waals surface area contributed by atoms with Crippen molar-refractivity contribution in [2.24, 2.45) is 0 Å². The highest BCUT2D eigenvalue weighted by atomic mass is 32.2. The van der Waals surface area contributed by atoms with Gasteiger partial charge in [-0.05, 0) is 55.5 Å². The molecule has 1 unspecified atom stereocenters. The van der Waals surface area contributed by atoms with Crippen molar-refractivity contribution in [3.8, 4) is 11.5 Å². The molecule has 148 valence electrons. The lowest BCUT2D eigenvalue weighted by molar-refractivity contribution is -0.116. The Morgan fingerprint density at radius 2 is 1.86 bits per heavy atom. The summed E-state index contributed by atoms with van der Waals surface area (Å²) >= 11 is 3.59. The molecule has 2 N–H and O–H groups in total. The van der Waals surface area contributed by atoms with E-state index in [1.165, 1.54) is 0 Å². The molecule has 2 aliphatic heterocycles. The maximum absolute atomic E-state index is 12.3. The van der Waals surface area contributed by atoms with Crippen LogP contribution in [0.15, 0.2) is 42.5 Å². The van der Waals surface area contributed by atoms with Gasteiger partial charge in [-0.2, -0.15) is 0 Å². The van der Waals surface area contributed by atoms with Crippen molar-refractivity contribution in [1.82, 2.24) is 0 Å².